The second-order valence-electron chi connectivity index (χ2n) is 4.03. The summed E-state index contributed by atoms with van der Waals surface area (Å²) in [5, 5.41) is 19.5. The van der Waals surface area contributed by atoms with E-state index >= 15 is 0 Å². The Labute approximate surface area is 119 Å². The maximum atomic E-state index is 11.9. The molecule has 0 heterocycles. The topological polar surface area (TPSA) is 130 Å². The molecule has 0 radical (unpaired) electrons. The third-order valence-electron chi connectivity index (χ3n) is 2.53. The fraction of sp³-hybridized carbons (Fsp3) is 0.231. The molecule has 1 atom stereocenters. The Morgan fingerprint density at radius 1 is 1.19 bits per heavy atom. The van der Waals surface area contributed by atoms with Gasteiger partial charge in [-0.3, -0.25) is 9.59 Å². The van der Waals surface area contributed by atoms with Crippen LogP contribution in [0.4, 0.5) is 0 Å². The highest BCUT2D eigenvalue weighted by Crippen LogP contribution is 2.07. The first-order valence-electron chi connectivity index (χ1n) is 5.79. The first-order chi connectivity index (χ1) is 9.85. The molecule has 0 bridgehead atoms. The molecule has 0 spiro atoms. The standard InChI is InChI=1S/C13H13NO7/c1-21-13(20)8-4-2-3-7(5-8)11(17)14-9(12(18)19)6-10(15)16/h2-5,9H,6H2,1H3,(H,14,17)(H,15,16)(H,18,19)/t9-/m1/s1. The van der Waals surface area contributed by atoms with Gasteiger partial charge in [-0.2, -0.15) is 0 Å². The average Bonchev–Trinajstić information content (AvgIpc) is 2.45. The van der Waals surface area contributed by atoms with Crippen molar-refractivity contribution in [3.63, 3.8) is 0 Å². The number of carbonyl (C=O) groups excluding carboxylic acids is 2. The minimum Gasteiger partial charge on any atom is -0.481 e. The average molecular weight is 295 g/mol. The summed E-state index contributed by atoms with van der Waals surface area (Å²) in [6.07, 6.45) is -0.752. The molecule has 0 aliphatic carbocycles. The fourth-order valence-corrected chi connectivity index (χ4v) is 1.52. The molecule has 1 amide bonds. The van der Waals surface area contributed by atoms with Crippen molar-refractivity contribution in [2.45, 2.75) is 12.5 Å². The van der Waals surface area contributed by atoms with E-state index in [0.717, 1.165) is 0 Å². The smallest absolute Gasteiger partial charge is 0.337 e. The number of hydrogen-bond donors (Lipinski definition) is 3. The number of esters is 1. The lowest BCUT2D eigenvalue weighted by atomic mass is 10.1. The Balaban J connectivity index is 2.90. The second kappa shape index (κ2) is 7.04. The summed E-state index contributed by atoms with van der Waals surface area (Å²) >= 11 is 0. The Hall–Kier alpha value is -2.90. The number of amides is 1. The Bertz CT molecular complexity index is 582. The van der Waals surface area contributed by atoms with Crippen molar-refractivity contribution in [1.82, 2.24) is 5.32 Å². The summed E-state index contributed by atoms with van der Waals surface area (Å²) in [4.78, 5) is 44.6. The predicted octanol–water partition coefficient (Wildman–Crippen LogP) is 0.131. The van der Waals surface area contributed by atoms with Gasteiger partial charge in [0.1, 0.15) is 6.04 Å². The van der Waals surface area contributed by atoms with Crippen LogP contribution in [0.3, 0.4) is 0 Å². The van der Waals surface area contributed by atoms with Gasteiger partial charge in [-0.1, -0.05) is 6.07 Å². The SMILES string of the molecule is COC(=O)c1cccc(C(=O)N[C@H](CC(=O)O)C(=O)O)c1. The summed E-state index contributed by atoms with van der Waals surface area (Å²) in [5.74, 6) is -4.26. The first kappa shape index (κ1) is 16.2. The van der Waals surface area contributed by atoms with E-state index < -0.39 is 36.3 Å². The number of ether oxygens (including phenoxy) is 1. The highest BCUT2D eigenvalue weighted by Gasteiger charge is 2.23. The first-order valence-corrected chi connectivity index (χ1v) is 5.79. The van der Waals surface area contributed by atoms with Gasteiger partial charge in [0.25, 0.3) is 5.91 Å². The number of carboxylic acids is 2. The zero-order chi connectivity index (χ0) is 16.0. The van der Waals surface area contributed by atoms with E-state index in [9.17, 15) is 19.2 Å². The van der Waals surface area contributed by atoms with Gasteiger partial charge in [-0.05, 0) is 18.2 Å². The summed E-state index contributed by atoms with van der Waals surface area (Å²) < 4.78 is 4.50. The molecule has 0 saturated heterocycles. The van der Waals surface area contributed by atoms with E-state index in [4.69, 9.17) is 10.2 Å². The zero-order valence-corrected chi connectivity index (χ0v) is 11.0. The number of hydrogen-bond acceptors (Lipinski definition) is 5. The van der Waals surface area contributed by atoms with Crippen LogP contribution in [0.5, 0.6) is 0 Å². The predicted molar refractivity (Wildman–Crippen MR) is 68.9 cm³/mol. The lowest BCUT2D eigenvalue weighted by Crippen LogP contribution is -2.42. The molecule has 1 aromatic carbocycles. The molecule has 0 aromatic heterocycles. The maximum Gasteiger partial charge on any atom is 0.337 e. The highest BCUT2D eigenvalue weighted by molar-refractivity contribution is 5.99. The van der Waals surface area contributed by atoms with E-state index in [2.05, 4.69) is 10.1 Å². The number of nitrogens with one attached hydrogen (secondary N) is 1. The van der Waals surface area contributed by atoms with Crippen molar-refractivity contribution in [3.05, 3.63) is 35.4 Å². The third-order valence-corrected chi connectivity index (χ3v) is 2.53. The van der Waals surface area contributed by atoms with E-state index in [1.807, 2.05) is 0 Å². The van der Waals surface area contributed by atoms with E-state index in [0.29, 0.717) is 0 Å². The van der Waals surface area contributed by atoms with Crippen molar-refractivity contribution >= 4 is 23.8 Å². The van der Waals surface area contributed by atoms with Crippen LogP contribution in [0.15, 0.2) is 24.3 Å². The molecule has 3 N–H and O–H groups in total. The molecular formula is C13H13NO7. The van der Waals surface area contributed by atoms with Gasteiger partial charge < -0.3 is 20.3 Å². The van der Waals surface area contributed by atoms with Crippen molar-refractivity contribution in [1.29, 1.82) is 0 Å². The second-order valence-corrected chi connectivity index (χ2v) is 4.03. The van der Waals surface area contributed by atoms with Crippen LogP contribution in [0.2, 0.25) is 0 Å². The molecule has 0 aliphatic rings. The summed E-state index contributed by atoms with van der Waals surface area (Å²) in [6.45, 7) is 0. The van der Waals surface area contributed by atoms with Crippen molar-refractivity contribution < 1.29 is 34.1 Å². The minimum atomic E-state index is -1.56. The van der Waals surface area contributed by atoms with Crippen LogP contribution in [0.25, 0.3) is 0 Å². The van der Waals surface area contributed by atoms with Gasteiger partial charge in [0.15, 0.2) is 0 Å². The van der Waals surface area contributed by atoms with Gasteiger partial charge in [0, 0.05) is 5.56 Å². The van der Waals surface area contributed by atoms with Crippen LogP contribution in [0, 0.1) is 0 Å². The molecule has 8 heteroatoms. The van der Waals surface area contributed by atoms with Crippen molar-refractivity contribution in [2.75, 3.05) is 7.11 Å². The van der Waals surface area contributed by atoms with Gasteiger partial charge >= 0.3 is 17.9 Å². The lowest BCUT2D eigenvalue weighted by molar-refractivity contribution is -0.145. The molecular weight excluding hydrogens is 282 g/mol. The fourth-order valence-electron chi connectivity index (χ4n) is 1.52. The summed E-state index contributed by atoms with van der Waals surface area (Å²) in [7, 11) is 1.18. The number of methoxy groups -OCH3 is 1. The molecule has 0 unspecified atom stereocenters. The number of carboxylic acid groups (broad SMARTS) is 2. The molecule has 112 valence electrons. The minimum absolute atomic E-state index is 0.0227. The third kappa shape index (κ3) is 4.60. The van der Waals surface area contributed by atoms with Crippen LogP contribution in [0.1, 0.15) is 27.1 Å². The summed E-state index contributed by atoms with van der Waals surface area (Å²) in [5.41, 5.74) is 0.143. The Morgan fingerprint density at radius 2 is 1.81 bits per heavy atom. The van der Waals surface area contributed by atoms with Gasteiger partial charge in [0.2, 0.25) is 0 Å². The van der Waals surface area contributed by atoms with Gasteiger partial charge in [0.05, 0.1) is 19.1 Å². The monoisotopic (exact) mass is 295 g/mol. The number of aliphatic carboxylic acids is 2. The van der Waals surface area contributed by atoms with Gasteiger partial charge in [-0.15, -0.1) is 0 Å². The van der Waals surface area contributed by atoms with E-state index in [1.54, 1.807) is 0 Å². The molecule has 1 rings (SSSR count). The zero-order valence-electron chi connectivity index (χ0n) is 11.0. The van der Waals surface area contributed by atoms with Crippen LogP contribution < -0.4 is 5.32 Å². The number of rotatable bonds is 6. The normalized spacial score (nSPS) is 11.3. The number of benzene rings is 1. The maximum absolute atomic E-state index is 11.9. The highest BCUT2D eigenvalue weighted by atomic mass is 16.5. The quantitative estimate of drug-likeness (QED) is 0.636. The van der Waals surface area contributed by atoms with Crippen LogP contribution >= 0.6 is 0 Å². The van der Waals surface area contributed by atoms with E-state index in [1.165, 1.54) is 31.4 Å². The van der Waals surface area contributed by atoms with Crippen molar-refractivity contribution in [3.8, 4) is 0 Å². The molecule has 8 nitrogen and oxygen atoms in total. The summed E-state index contributed by atoms with van der Waals surface area (Å²) in [6, 6.07) is 3.88. The Morgan fingerprint density at radius 3 is 2.33 bits per heavy atom. The van der Waals surface area contributed by atoms with Crippen LogP contribution in [-0.4, -0.2) is 47.2 Å². The van der Waals surface area contributed by atoms with Crippen LogP contribution in [-0.2, 0) is 14.3 Å². The largest absolute Gasteiger partial charge is 0.481 e. The molecule has 0 aliphatic heterocycles. The molecule has 0 fully saturated rings. The molecule has 1 aromatic rings. The molecule has 21 heavy (non-hydrogen) atoms. The van der Waals surface area contributed by atoms with Crippen molar-refractivity contribution in [2.24, 2.45) is 0 Å². The van der Waals surface area contributed by atoms with E-state index in [-0.39, 0.29) is 11.1 Å². The molecule has 0 saturated carbocycles. The lowest BCUT2D eigenvalue weighted by Gasteiger charge is -2.12. The Kier molecular flexibility index (Phi) is 5.41. The number of carbonyl (C=O) groups is 4. The van der Waals surface area contributed by atoms with Gasteiger partial charge in [-0.25, -0.2) is 9.59 Å².